The molecular weight excluding hydrogens is 239 g/mol. The number of halogens is 1. The summed E-state index contributed by atoms with van der Waals surface area (Å²) < 4.78 is 0.189. The van der Waals surface area contributed by atoms with Gasteiger partial charge in [0.25, 0.3) is 0 Å². The van der Waals surface area contributed by atoms with Crippen molar-refractivity contribution in [2.45, 2.75) is 19.8 Å². The van der Waals surface area contributed by atoms with E-state index in [2.05, 4.69) is 0 Å². The molecule has 0 bridgehead atoms. The van der Waals surface area contributed by atoms with E-state index in [1.165, 1.54) is 0 Å². The van der Waals surface area contributed by atoms with Gasteiger partial charge in [-0.05, 0) is 35.9 Å². The molecule has 0 N–H and O–H groups in total. The molecule has 0 aromatic carbocycles. The summed E-state index contributed by atoms with van der Waals surface area (Å²) in [5, 5.41) is 0. The van der Waals surface area contributed by atoms with Gasteiger partial charge in [0, 0.05) is 6.42 Å². The number of carbonyl (C=O) groups is 1. The molecular formula is C8H11IO. The van der Waals surface area contributed by atoms with Gasteiger partial charge in [-0.15, -0.1) is 0 Å². The zero-order chi connectivity index (χ0) is 7.82. The van der Waals surface area contributed by atoms with Gasteiger partial charge in [-0.2, -0.15) is 0 Å². The fraction of sp³-hybridized carbons (Fsp3) is 0.375. The van der Waals surface area contributed by atoms with Gasteiger partial charge in [-0.1, -0.05) is 24.3 Å². The molecule has 0 saturated heterocycles. The Morgan fingerprint density at radius 3 is 2.60 bits per heavy atom. The average Bonchev–Trinajstić information content (AvgIpc) is 1.87. The molecule has 0 radical (unpaired) electrons. The number of hydrogen-bond acceptors (Lipinski definition) is 1. The molecule has 10 heavy (non-hydrogen) atoms. The zero-order valence-corrected chi connectivity index (χ0v) is 8.17. The normalized spacial score (nSPS) is 11.4. The molecule has 0 saturated carbocycles. The Morgan fingerprint density at radius 2 is 2.10 bits per heavy atom. The molecule has 0 aliphatic rings. The molecule has 0 atom stereocenters. The van der Waals surface area contributed by atoms with Crippen molar-refractivity contribution in [3.8, 4) is 0 Å². The number of rotatable bonds is 4. The lowest BCUT2D eigenvalue weighted by atomic mass is 10.3. The van der Waals surface area contributed by atoms with Gasteiger partial charge in [-0.3, -0.25) is 4.79 Å². The minimum atomic E-state index is 0.189. The maximum atomic E-state index is 10.4. The van der Waals surface area contributed by atoms with E-state index in [0.717, 1.165) is 6.42 Å². The quantitative estimate of drug-likeness (QED) is 0.426. The van der Waals surface area contributed by atoms with Crippen LogP contribution in [0.4, 0.5) is 0 Å². The first-order valence-electron chi connectivity index (χ1n) is 3.22. The van der Waals surface area contributed by atoms with Crippen LogP contribution in [0.15, 0.2) is 24.3 Å². The molecule has 0 unspecified atom stereocenters. The van der Waals surface area contributed by atoms with Crippen LogP contribution in [0.2, 0.25) is 0 Å². The maximum Gasteiger partial charge on any atom is 0.196 e. The van der Waals surface area contributed by atoms with E-state index in [1.807, 2.05) is 31.2 Å². The third kappa shape index (κ3) is 7.88. The Labute approximate surface area is 75.3 Å². The van der Waals surface area contributed by atoms with Gasteiger partial charge in [0.15, 0.2) is 3.79 Å². The van der Waals surface area contributed by atoms with E-state index in [4.69, 9.17) is 0 Å². The summed E-state index contributed by atoms with van der Waals surface area (Å²) >= 11 is 1.80. The van der Waals surface area contributed by atoms with Gasteiger partial charge in [0.05, 0.1) is 0 Å². The highest BCUT2D eigenvalue weighted by molar-refractivity contribution is 14.1. The second kappa shape index (κ2) is 6.99. The minimum Gasteiger partial charge on any atom is -0.287 e. The van der Waals surface area contributed by atoms with Gasteiger partial charge < -0.3 is 0 Å². The third-order valence-corrected chi connectivity index (χ3v) is 1.39. The summed E-state index contributed by atoms with van der Waals surface area (Å²) in [6, 6.07) is 0. The molecule has 1 nitrogen and oxygen atoms in total. The minimum absolute atomic E-state index is 0.189. The lowest BCUT2D eigenvalue weighted by molar-refractivity contribution is -0.108. The van der Waals surface area contributed by atoms with Crippen molar-refractivity contribution in [3.05, 3.63) is 24.3 Å². The highest BCUT2D eigenvalue weighted by atomic mass is 127. The molecule has 2 heteroatoms. The van der Waals surface area contributed by atoms with Crippen molar-refractivity contribution in [1.29, 1.82) is 0 Å². The molecule has 0 spiro atoms. The second-order valence-corrected chi connectivity index (χ2v) is 3.04. The van der Waals surface area contributed by atoms with Crippen LogP contribution in [0.1, 0.15) is 19.8 Å². The van der Waals surface area contributed by atoms with Crippen molar-refractivity contribution < 1.29 is 4.79 Å². The largest absolute Gasteiger partial charge is 0.287 e. The summed E-state index contributed by atoms with van der Waals surface area (Å²) in [7, 11) is 0. The SMILES string of the molecule is C/C=C/C/C=C/CC(=O)I. The van der Waals surface area contributed by atoms with E-state index in [1.54, 1.807) is 22.6 Å². The Kier molecular flexibility index (Phi) is 6.91. The van der Waals surface area contributed by atoms with Gasteiger partial charge in [-0.25, -0.2) is 0 Å². The Morgan fingerprint density at radius 1 is 1.40 bits per heavy atom. The smallest absolute Gasteiger partial charge is 0.196 e. The fourth-order valence-electron chi connectivity index (χ4n) is 0.487. The molecule has 0 aromatic rings. The predicted octanol–water partition coefficient (Wildman–Crippen LogP) is 2.86. The molecule has 0 aliphatic carbocycles. The number of carbonyl (C=O) groups excluding carboxylic acids is 1. The topological polar surface area (TPSA) is 17.1 Å². The van der Waals surface area contributed by atoms with Crippen molar-refractivity contribution >= 4 is 26.4 Å². The van der Waals surface area contributed by atoms with Gasteiger partial charge in [0.2, 0.25) is 0 Å². The van der Waals surface area contributed by atoms with Gasteiger partial charge in [0.1, 0.15) is 0 Å². The third-order valence-electron chi connectivity index (χ3n) is 0.953. The van der Waals surface area contributed by atoms with Crippen LogP contribution in [-0.2, 0) is 4.79 Å². The van der Waals surface area contributed by atoms with Crippen molar-refractivity contribution in [1.82, 2.24) is 0 Å². The van der Waals surface area contributed by atoms with Crippen LogP contribution < -0.4 is 0 Å². The monoisotopic (exact) mass is 250 g/mol. The maximum absolute atomic E-state index is 10.4. The van der Waals surface area contributed by atoms with E-state index >= 15 is 0 Å². The standard InChI is InChI=1S/C8H11IO/c1-2-3-4-5-6-7-8(9)10/h2-3,5-6H,4,7H2,1H3/b3-2+,6-5+. The number of allylic oxidation sites excluding steroid dienone is 4. The van der Waals surface area contributed by atoms with E-state index in [-0.39, 0.29) is 3.79 Å². The predicted molar refractivity (Wildman–Crippen MR) is 52.2 cm³/mol. The lowest BCUT2D eigenvalue weighted by Crippen LogP contribution is -1.77. The molecule has 0 aromatic heterocycles. The summed E-state index contributed by atoms with van der Waals surface area (Å²) in [5.41, 5.74) is 0. The molecule has 0 fully saturated rings. The summed E-state index contributed by atoms with van der Waals surface area (Å²) in [6.45, 7) is 1.98. The van der Waals surface area contributed by atoms with Crippen molar-refractivity contribution in [3.63, 3.8) is 0 Å². The molecule has 56 valence electrons. The average molecular weight is 250 g/mol. The number of hydrogen-bond donors (Lipinski definition) is 0. The lowest BCUT2D eigenvalue weighted by Gasteiger charge is -1.81. The second-order valence-electron chi connectivity index (χ2n) is 1.84. The Balaban J connectivity index is 3.29. The Hall–Kier alpha value is -0.120. The van der Waals surface area contributed by atoms with Crippen LogP contribution in [0.3, 0.4) is 0 Å². The summed E-state index contributed by atoms with van der Waals surface area (Å²) in [6.07, 6.45) is 9.42. The first kappa shape index (κ1) is 9.88. The molecule has 0 rings (SSSR count). The zero-order valence-electron chi connectivity index (χ0n) is 6.01. The van der Waals surface area contributed by atoms with Crippen LogP contribution in [0, 0.1) is 0 Å². The highest BCUT2D eigenvalue weighted by Gasteiger charge is 1.85. The first-order chi connectivity index (χ1) is 4.77. The molecule has 0 amide bonds. The summed E-state index contributed by atoms with van der Waals surface area (Å²) in [4.78, 5) is 10.4. The Bertz CT molecular complexity index is 147. The molecule has 0 aliphatic heterocycles. The summed E-state index contributed by atoms with van der Waals surface area (Å²) in [5.74, 6) is 0. The van der Waals surface area contributed by atoms with Crippen LogP contribution in [0.25, 0.3) is 0 Å². The van der Waals surface area contributed by atoms with E-state index in [9.17, 15) is 4.79 Å². The fourth-order valence-corrected chi connectivity index (χ4v) is 0.741. The first-order valence-corrected chi connectivity index (χ1v) is 4.29. The molecule has 0 heterocycles. The van der Waals surface area contributed by atoms with E-state index in [0.29, 0.717) is 6.42 Å². The van der Waals surface area contributed by atoms with Crippen LogP contribution in [0.5, 0.6) is 0 Å². The highest BCUT2D eigenvalue weighted by Crippen LogP contribution is 1.95. The van der Waals surface area contributed by atoms with Crippen LogP contribution in [-0.4, -0.2) is 3.79 Å². The van der Waals surface area contributed by atoms with Crippen molar-refractivity contribution in [2.24, 2.45) is 0 Å². The van der Waals surface area contributed by atoms with E-state index < -0.39 is 0 Å². The van der Waals surface area contributed by atoms with Crippen molar-refractivity contribution in [2.75, 3.05) is 0 Å². The van der Waals surface area contributed by atoms with Gasteiger partial charge >= 0.3 is 0 Å². The van der Waals surface area contributed by atoms with Crippen LogP contribution >= 0.6 is 22.6 Å².